The molecule has 0 aliphatic rings. The second-order valence-corrected chi connectivity index (χ2v) is 2.01. The fraction of sp³-hybridized carbons (Fsp3) is 0.200. The van der Waals surface area contributed by atoms with Crippen LogP contribution >= 0.6 is 0 Å². The van der Waals surface area contributed by atoms with Crippen LogP contribution in [0.2, 0.25) is 0 Å². The summed E-state index contributed by atoms with van der Waals surface area (Å²) in [6.07, 6.45) is 3.31. The van der Waals surface area contributed by atoms with Crippen molar-refractivity contribution in [3.63, 3.8) is 0 Å². The van der Waals surface area contributed by atoms with E-state index in [4.69, 9.17) is 11.6 Å². The topological polar surface area (TPSA) is 94.2 Å². The first-order chi connectivity index (χ1) is 5.22. The van der Waals surface area contributed by atoms with Crippen LogP contribution in [0.4, 0.5) is 5.69 Å². The minimum atomic E-state index is 0.165. The Balaban J connectivity index is 2.78. The molecule has 6 nitrogen and oxygen atoms in total. The number of nitrogens with two attached hydrogens (primary N) is 2. The van der Waals surface area contributed by atoms with Gasteiger partial charge in [-0.15, -0.1) is 0 Å². The normalized spacial score (nSPS) is 11.6. The second kappa shape index (κ2) is 3.02. The monoisotopic (exact) mass is 154 g/mol. The molecular formula is C5H10N6. The van der Waals surface area contributed by atoms with Crippen LogP contribution < -0.4 is 17.0 Å². The Labute approximate surface area is 63.9 Å². The van der Waals surface area contributed by atoms with E-state index in [1.54, 1.807) is 24.1 Å². The Hall–Kier alpha value is -1.56. The molecule has 0 amide bonds. The zero-order chi connectivity index (χ0) is 8.27. The Bertz CT molecular complexity index is 262. The molecule has 1 aromatic rings. The van der Waals surface area contributed by atoms with Gasteiger partial charge in [-0.1, -0.05) is 0 Å². The van der Waals surface area contributed by atoms with E-state index < -0.39 is 0 Å². The summed E-state index contributed by atoms with van der Waals surface area (Å²) in [5.74, 6) is 5.16. The van der Waals surface area contributed by atoms with E-state index in [0.717, 1.165) is 0 Å². The Kier molecular flexibility index (Phi) is 2.07. The third kappa shape index (κ3) is 1.94. The van der Waals surface area contributed by atoms with Crippen LogP contribution in [0.1, 0.15) is 0 Å². The molecule has 1 rings (SSSR count). The van der Waals surface area contributed by atoms with Gasteiger partial charge in [0.15, 0.2) is 0 Å². The van der Waals surface area contributed by atoms with Crippen LogP contribution in [0.25, 0.3) is 0 Å². The van der Waals surface area contributed by atoms with Crippen molar-refractivity contribution >= 4 is 11.6 Å². The van der Waals surface area contributed by atoms with Crippen LogP contribution in [0, 0.1) is 0 Å². The number of aliphatic imine (C=N–C) groups is 1. The first kappa shape index (κ1) is 7.55. The summed E-state index contributed by atoms with van der Waals surface area (Å²) in [7, 11) is 1.80. The molecule has 60 valence electrons. The van der Waals surface area contributed by atoms with Gasteiger partial charge in [0.25, 0.3) is 0 Å². The van der Waals surface area contributed by atoms with Crippen LogP contribution in [-0.2, 0) is 7.05 Å². The van der Waals surface area contributed by atoms with E-state index in [-0.39, 0.29) is 5.96 Å². The van der Waals surface area contributed by atoms with Crippen molar-refractivity contribution in [2.45, 2.75) is 0 Å². The predicted octanol–water partition coefficient (Wildman–Crippen LogP) is -1.17. The lowest BCUT2D eigenvalue weighted by Crippen LogP contribution is -2.36. The van der Waals surface area contributed by atoms with E-state index in [9.17, 15) is 0 Å². The summed E-state index contributed by atoms with van der Waals surface area (Å²) in [6.45, 7) is 0. The number of hydrogen-bond donors (Lipinski definition) is 3. The molecule has 0 aliphatic heterocycles. The Morgan fingerprint density at radius 1 is 1.82 bits per heavy atom. The SMILES string of the molecule is Cn1cc(N=C(N)NN)cn1. The molecule has 0 atom stereocenters. The number of aromatic nitrogens is 2. The molecule has 0 saturated carbocycles. The lowest BCUT2D eigenvalue weighted by atomic mass is 10.6. The van der Waals surface area contributed by atoms with E-state index in [1.807, 2.05) is 0 Å². The van der Waals surface area contributed by atoms with Crippen molar-refractivity contribution in [1.29, 1.82) is 0 Å². The average Bonchev–Trinajstić information content (AvgIpc) is 2.35. The summed E-state index contributed by atoms with van der Waals surface area (Å²) >= 11 is 0. The van der Waals surface area contributed by atoms with Gasteiger partial charge in [-0.3, -0.25) is 10.1 Å². The minimum absolute atomic E-state index is 0.165. The lowest BCUT2D eigenvalue weighted by Gasteiger charge is -1.93. The van der Waals surface area contributed by atoms with Gasteiger partial charge >= 0.3 is 0 Å². The van der Waals surface area contributed by atoms with E-state index in [1.165, 1.54) is 0 Å². The van der Waals surface area contributed by atoms with Crippen molar-refractivity contribution in [2.24, 2.45) is 23.6 Å². The van der Waals surface area contributed by atoms with Crippen molar-refractivity contribution in [2.75, 3.05) is 0 Å². The van der Waals surface area contributed by atoms with Gasteiger partial charge in [-0.2, -0.15) is 5.10 Å². The van der Waals surface area contributed by atoms with E-state index in [2.05, 4.69) is 15.5 Å². The fourth-order valence-electron chi connectivity index (χ4n) is 0.637. The third-order valence-electron chi connectivity index (χ3n) is 1.09. The Morgan fingerprint density at radius 2 is 2.55 bits per heavy atom. The maximum absolute atomic E-state index is 5.29. The molecule has 0 bridgehead atoms. The van der Waals surface area contributed by atoms with Crippen molar-refractivity contribution < 1.29 is 0 Å². The second-order valence-electron chi connectivity index (χ2n) is 2.01. The fourth-order valence-corrected chi connectivity index (χ4v) is 0.637. The maximum atomic E-state index is 5.29. The predicted molar refractivity (Wildman–Crippen MR) is 41.8 cm³/mol. The maximum Gasteiger partial charge on any atom is 0.208 e. The van der Waals surface area contributed by atoms with Crippen LogP contribution in [-0.4, -0.2) is 15.7 Å². The summed E-state index contributed by atoms with van der Waals surface area (Å²) in [5.41, 5.74) is 8.17. The Morgan fingerprint density at radius 3 is 3.00 bits per heavy atom. The number of rotatable bonds is 1. The van der Waals surface area contributed by atoms with Gasteiger partial charge in [0.05, 0.1) is 12.4 Å². The molecule has 0 radical (unpaired) electrons. The van der Waals surface area contributed by atoms with E-state index in [0.29, 0.717) is 5.69 Å². The summed E-state index contributed by atoms with van der Waals surface area (Å²) in [6, 6.07) is 0. The molecule has 5 N–H and O–H groups in total. The molecule has 11 heavy (non-hydrogen) atoms. The molecule has 0 aromatic carbocycles. The molecule has 0 spiro atoms. The number of nitrogens with one attached hydrogen (secondary N) is 1. The zero-order valence-electron chi connectivity index (χ0n) is 6.15. The largest absolute Gasteiger partial charge is 0.369 e. The zero-order valence-corrected chi connectivity index (χ0v) is 6.15. The highest BCUT2D eigenvalue weighted by Gasteiger charge is 1.92. The first-order valence-electron chi connectivity index (χ1n) is 3.02. The number of hydrazine groups is 1. The molecule has 0 aliphatic carbocycles. The molecule has 0 unspecified atom stereocenters. The van der Waals surface area contributed by atoms with Gasteiger partial charge in [0.1, 0.15) is 5.69 Å². The molecule has 0 fully saturated rings. The van der Waals surface area contributed by atoms with Gasteiger partial charge in [-0.25, -0.2) is 10.8 Å². The number of nitrogens with zero attached hydrogens (tertiary/aromatic N) is 3. The molecule has 0 saturated heterocycles. The standard InChI is InChI=1S/C5H10N6/c1-11-3-4(2-8-11)9-5(6)10-7/h2-3H,7H2,1H3,(H3,6,9,10). The molecule has 1 aromatic heterocycles. The lowest BCUT2D eigenvalue weighted by molar-refractivity contribution is 0.768. The van der Waals surface area contributed by atoms with Gasteiger partial charge in [-0.05, 0) is 0 Å². The summed E-state index contributed by atoms with van der Waals surface area (Å²) in [5, 5.41) is 3.89. The molecule has 6 heteroatoms. The molecular weight excluding hydrogens is 144 g/mol. The highest BCUT2D eigenvalue weighted by molar-refractivity contribution is 5.79. The van der Waals surface area contributed by atoms with Crippen LogP contribution in [0.3, 0.4) is 0 Å². The van der Waals surface area contributed by atoms with Crippen molar-refractivity contribution in [3.05, 3.63) is 12.4 Å². The minimum Gasteiger partial charge on any atom is -0.369 e. The van der Waals surface area contributed by atoms with Crippen LogP contribution in [0.5, 0.6) is 0 Å². The highest BCUT2D eigenvalue weighted by Crippen LogP contribution is 2.06. The summed E-state index contributed by atoms with van der Waals surface area (Å²) in [4.78, 5) is 3.87. The van der Waals surface area contributed by atoms with Gasteiger partial charge < -0.3 is 5.73 Å². The number of hydrogen-bond acceptors (Lipinski definition) is 3. The van der Waals surface area contributed by atoms with Crippen molar-refractivity contribution in [3.8, 4) is 0 Å². The highest BCUT2D eigenvalue weighted by atomic mass is 15.3. The quantitative estimate of drug-likeness (QED) is 0.205. The molecule has 1 heterocycles. The third-order valence-corrected chi connectivity index (χ3v) is 1.09. The van der Waals surface area contributed by atoms with E-state index >= 15 is 0 Å². The first-order valence-corrected chi connectivity index (χ1v) is 3.02. The summed E-state index contributed by atoms with van der Waals surface area (Å²) < 4.78 is 1.63. The van der Waals surface area contributed by atoms with Gasteiger partial charge in [0, 0.05) is 7.05 Å². The number of guanidine groups is 1. The number of aryl methyl sites for hydroxylation is 1. The van der Waals surface area contributed by atoms with Crippen LogP contribution in [0.15, 0.2) is 17.4 Å². The average molecular weight is 154 g/mol. The van der Waals surface area contributed by atoms with Crippen molar-refractivity contribution in [1.82, 2.24) is 15.2 Å². The smallest absolute Gasteiger partial charge is 0.208 e. The van der Waals surface area contributed by atoms with Gasteiger partial charge in [0.2, 0.25) is 5.96 Å².